The van der Waals surface area contributed by atoms with Crippen molar-refractivity contribution in [2.45, 2.75) is 20.4 Å². The van der Waals surface area contributed by atoms with Crippen molar-refractivity contribution in [2.24, 2.45) is 5.73 Å². The second kappa shape index (κ2) is 5.65. The van der Waals surface area contributed by atoms with Gasteiger partial charge in [-0.25, -0.2) is 4.98 Å². The molecule has 94 valence electrons. The Morgan fingerprint density at radius 3 is 2.44 bits per heavy atom. The Labute approximate surface area is 108 Å². The summed E-state index contributed by atoms with van der Waals surface area (Å²) in [5.41, 5.74) is 8.97. The fourth-order valence-corrected chi connectivity index (χ4v) is 1.93. The van der Waals surface area contributed by atoms with Crippen LogP contribution in [-0.2, 0) is 6.54 Å². The Hall–Kier alpha value is -1.87. The van der Waals surface area contributed by atoms with Crippen LogP contribution in [-0.4, -0.2) is 11.5 Å². The minimum absolute atomic E-state index is 0.472. The molecule has 0 aliphatic rings. The first kappa shape index (κ1) is 12.6. The lowest BCUT2D eigenvalue weighted by Gasteiger charge is -2.22. The third-order valence-electron chi connectivity index (χ3n) is 2.94. The van der Waals surface area contributed by atoms with Crippen LogP contribution in [0.2, 0.25) is 0 Å². The summed E-state index contributed by atoms with van der Waals surface area (Å²) in [6, 6.07) is 14.4. The summed E-state index contributed by atoms with van der Waals surface area (Å²) in [5.74, 6) is 0.948. The van der Waals surface area contributed by atoms with E-state index in [0.717, 1.165) is 23.7 Å². The van der Waals surface area contributed by atoms with Gasteiger partial charge in [-0.05, 0) is 38.1 Å². The molecule has 0 spiro atoms. The first-order valence-electron chi connectivity index (χ1n) is 6.24. The van der Waals surface area contributed by atoms with E-state index in [9.17, 15) is 0 Å². The maximum absolute atomic E-state index is 5.64. The minimum Gasteiger partial charge on any atom is -0.327 e. The molecule has 0 atom stereocenters. The van der Waals surface area contributed by atoms with Gasteiger partial charge in [0, 0.05) is 18.8 Å². The van der Waals surface area contributed by atoms with Crippen molar-refractivity contribution in [1.82, 2.24) is 4.98 Å². The van der Waals surface area contributed by atoms with Crippen LogP contribution >= 0.6 is 0 Å². The minimum atomic E-state index is 0.472. The van der Waals surface area contributed by atoms with Gasteiger partial charge in [0.1, 0.15) is 5.82 Å². The highest BCUT2D eigenvalue weighted by Gasteiger charge is 2.08. The van der Waals surface area contributed by atoms with Crippen LogP contribution < -0.4 is 10.6 Å². The van der Waals surface area contributed by atoms with Crippen LogP contribution in [0, 0.1) is 6.92 Å². The highest BCUT2D eigenvalue weighted by Crippen LogP contribution is 2.23. The highest BCUT2D eigenvalue weighted by molar-refractivity contribution is 5.60. The molecule has 0 fully saturated rings. The molecule has 0 radical (unpaired) electrons. The SMILES string of the molecule is CCN(c1ccc(C)cc1)c1cccc(CN)n1. The van der Waals surface area contributed by atoms with E-state index in [-0.39, 0.29) is 0 Å². The quantitative estimate of drug-likeness (QED) is 0.894. The van der Waals surface area contributed by atoms with Gasteiger partial charge in [-0.3, -0.25) is 0 Å². The van der Waals surface area contributed by atoms with E-state index in [2.05, 4.69) is 48.0 Å². The molecule has 3 heteroatoms. The average Bonchev–Trinajstić information content (AvgIpc) is 2.42. The van der Waals surface area contributed by atoms with E-state index in [1.54, 1.807) is 0 Å². The molecule has 3 nitrogen and oxygen atoms in total. The molecule has 2 N–H and O–H groups in total. The van der Waals surface area contributed by atoms with Crippen LogP contribution in [0.25, 0.3) is 0 Å². The number of aromatic nitrogens is 1. The number of nitrogens with two attached hydrogens (primary N) is 1. The van der Waals surface area contributed by atoms with Gasteiger partial charge < -0.3 is 10.6 Å². The molecule has 0 saturated heterocycles. The fraction of sp³-hybridized carbons (Fsp3) is 0.267. The zero-order valence-electron chi connectivity index (χ0n) is 10.9. The van der Waals surface area contributed by atoms with E-state index in [1.165, 1.54) is 5.56 Å². The number of anilines is 2. The lowest BCUT2D eigenvalue weighted by molar-refractivity contribution is 0.939. The predicted octanol–water partition coefficient (Wildman–Crippen LogP) is 3.01. The van der Waals surface area contributed by atoms with Gasteiger partial charge in [0.2, 0.25) is 0 Å². The summed E-state index contributed by atoms with van der Waals surface area (Å²) >= 11 is 0. The van der Waals surface area contributed by atoms with Crippen LogP contribution in [0.4, 0.5) is 11.5 Å². The zero-order chi connectivity index (χ0) is 13.0. The normalized spacial score (nSPS) is 10.4. The summed E-state index contributed by atoms with van der Waals surface area (Å²) in [6.45, 7) is 5.56. The monoisotopic (exact) mass is 241 g/mol. The van der Waals surface area contributed by atoms with Crippen molar-refractivity contribution < 1.29 is 0 Å². The van der Waals surface area contributed by atoms with E-state index < -0.39 is 0 Å². The number of hydrogen-bond donors (Lipinski definition) is 1. The molecular weight excluding hydrogens is 222 g/mol. The summed E-state index contributed by atoms with van der Waals surface area (Å²) < 4.78 is 0. The van der Waals surface area contributed by atoms with Crippen molar-refractivity contribution in [3.05, 3.63) is 53.7 Å². The molecule has 1 aromatic carbocycles. The van der Waals surface area contributed by atoms with Crippen molar-refractivity contribution in [3.63, 3.8) is 0 Å². The predicted molar refractivity (Wildman–Crippen MR) is 76.0 cm³/mol. The van der Waals surface area contributed by atoms with E-state index in [4.69, 9.17) is 5.73 Å². The molecule has 0 aliphatic heterocycles. The molecule has 0 saturated carbocycles. The van der Waals surface area contributed by atoms with E-state index in [0.29, 0.717) is 6.54 Å². The van der Waals surface area contributed by atoms with Crippen LogP contribution in [0.3, 0.4) is 0 Å². The van der Waals surface area contributed by atoms with Gasteiger partial charge in [0.05, 0.1) is 5.69 Å². The Morgan fingerprint density at radius 1 is 1.11 bits per heavy atom. The summed E-state index contributed by atoms with van der Waals surface area (Å²) in [4.78, 5) is 6.74. The van der Waals surface area contributed by atoms with Crippen molar-refractivity contribution in [1.29, 1.82) is 0 Å². The molecular formula is C15H19N3. The maximum Gasteiger partial charge on any atom is 0.133 e. The number of hydrogen-bond acceptors (Lipinski definition) is 3. The van der Waals surface area contributed by atoms with E-state index in [1.807, 2.05) is 18.2 Å². The lowest BCUT2D eigenvalue weighted by atomic mass is 10.2. The summed E-state index contributed by atoms with van der Waals surface area (Å²) in [5, 5.41) is 0. The number of pyridine rings is 1. The summed E-state index contributed by atoms with van der Waals surface area (Å²) in [7, 11) is 0. The molecule has 0 amide bonds. The molecule has 0 bridgehead atoms. The third-order valence-corrected chi connectivity index (χ3v) is 2.94. The molecule has 2 aromatic rings. The number of benzene rings is 1. The molecule has 18 heavy (non-hydrogen) atoms. The topological polar surface area (TPSA) is 42.1 Å². The van der Waals surface area contributed by atoms with Gasteiger partial charge in [-0.1, -0.05) is 23.8 Å². The second-order valence-electron chi connectivity index (χ2n) is 4.27. The molecule has 0 unspecified atom stereocenters. The van der Waals surface area contributed by atoms with Gasteiger partial charge in [0.15, 0.2) is 0 Å². The Morgan fingerprint density at radius 2 is 1.83 bits per heavy atom. The fourth-order valence-electron chi connectivity index (χ4n) is 1.93. The summed E-state index contributed by atoms with van der Waals surface area (Å²) in [6.07, 6.45) is 0. The third kappa shape index (κ3) is 2.68. The maximum atomic E-state index is 5.64. The second-order valence-corrected chi connectivity index (χ2v) is 4.27. The largest absolute Gasteiger partial charge is 0.327 e. The Kier molecular flexibility index (Phi) is 3.95. The van der Waals surface area contributed by atoms with E-state index >= 15 is 0 Å². The van der Waals surface area contributed by atoms with Crippen LogP contribution in [0.5, 0.6) is 0 Å². The smallest absolute Gasteiger partial charge is 0.133 e. The highest BCUT2D eigenvalue weighted by atomic mass is 15.2. The lowest BCUT2D eigenvalue weighted by Crippen LogP contribution is -2.18. The molecule has 1 heterocycles. The Balaban J connectivity index is 2.35. The molecule has 1 aromatic heterocycles. The average molecular weight is 241 g/mol. The first-order valence-corrected chi connectivity index (χ1v) is 6.24. The molecule has 2 rings (SSSR count). The standard InChI is InChI=1S/C15H19N3/c1-3-18(14-9-7-12(2)8-10-14)15-6-4-5-13(11-16)17-15/h4-10H,3,11,16H2,1-2H3. The van der Waals surface area contributed by atoms with Gasteiger partial charge in [-0.15, -0.1) is 0 Å². The number of aryl methyl sites for hydroxylation is 1. The molecule has 0 aliphatic carbocycles. The number of rotatable bonds is 4. The van der Waals surface area contributed by atoms with Crippen molar-refractivity contribution in [3.8, 4) is 0 Å². The van der Waals surface area contributed by atoms with Crippen LogP contribution in [0.15, 0.2) is 42.5 Å². The van der Waals surface area contributed by atoms with Gasteiger partial charge >= 0.3 is 0 Å². The Bertz CT molecular complexity index is 505. The first-order chi connectivity index (χ1) is 8.74. The van der Waals surface area contributed by atoms with Gasteiger partial charge in [-0.2, -0.15) is 0 Å². The zero-order valence-corrected chi connectivity index (χ0v) is 10.9. The van der Waals surface area contributed by atoms with Crippen molar-refractivity contribution >= 4 is 11.5 Å². The van der Waals surface area contributed by atoms with Gasteiger partial charge in [0.25, 0.3) is 0 Å². The van der Waals surface area contributed by atoms with Crippen molar-refractivity contribution in [2.75, 3.05) is 11.4 Å². The number of nitrogens with zero attached hydrogens (tertiary/aromatic N) is 2. The van der Waals surface area contributed by atoms with Crippen LogP contribution in [0.1, 0.15) is 18.2 Å².